The molecule has 0 spiro atoms. The molecule has 8 nitrogen and oxygen atoms in total. The molecule has 0 aliphatic carbocycles. The van der Waals surface area contributed by atoms with Crippen LogP contribution in [0.1, 0.15) is 41.4 Å². The highest BCUT2D eigenvalue weighted by Gasteiger charge is 2.22. The Morgan fingerprint density at radius 2 is 1.79 bits per heavy atom. The molecule has 1 N–H and O–H groups in total. The van der Waals surface area contributed by atoms with E-state index in [9.17, 15) is 9.90 Å². The molecule has 172 valence electrons. The Bertz CT molecular complexity index is 1380. The van der Waals surface area contributed by atoms with Gasteiger partial charge in [0.1, 0.15) is 29.2 Å². The van der Waals surface area contributed by atoms with Gasteiger partial charge in [-0.05, 0) is 66.4 Å². The van der Waals surface area contributed by atoms with Crippen LogP contribution in [0, 0.1) is 0 Å². The number of carbonyl (C=O) groups is 1. The number of rotatable bonds is 6. The normalized spacial score (nSPS) is 12.8. The molecule has 0 fully saturated rings. The summed E-state index contributed by atoms with van der Waals surface area (Å²) >= 11 is 0. The number of methoxy groups -OCH3 is 1. The smallest absolute Gasteiger partial charge is 0.339 e. The minimum absolute atomic E-state index is 0.150. The van der Waals surface area contributed by atoms with Gasteiger partial charge in [0.2, 0.25) is 0 Å². The summed E-state index contributed by atoms with van der Waals surface area (Å²) in [5, 5.41) is 17.9. The predicted octanol–water partition coefficient (Wildman–Crippen LogP) is 4.82. The van der Waals surface area contributed by atoms with Crippen LogP contribution in [0.2, 0.25) is 0 Å². The van der Waals surface area contributed by atoms with Crippen LogP contribution in [0.5, 0.6) is 5.75 Å². The molecular weight excluding hydrogens is 430 g/mol. The van der Waals surface area contributed by atoms with E-state index >= 15 is 0 Å². The maximum absolute atomic E-state index is 11.6. The van der Waals surface area contributed by atoms with Crippen molar-refractivity contribution in [2.24, 2.45) is 0 Å². The third-order valence-corrected chi connectivity index (χ3v) is 6.11. The lowest BCUT2D eigenvalue weighted by molar-refractivity contribution is 0.0693. The number of carboxylic acid groups (broad SMARTS) is 1. The number of pyridine rings is 1. The average Bonchev–Trinajstić information content (AvgIpc) is 3.51. The van der Waals surface area contributed by atoms with Crippen molar-refractivity contribution in [3.63, 3.8) is 0 Å². The SMILES string of the molecule is COc1ccc(-c2ccc3c(c2)CN(c2cccc(-c4nncn4C(C)C)n2)C3)cc1C(=O)O. The maximum Gasteiger partial charge on any atom is 0.339 e. The molecule has 0 atom stereocenters. The van der Waals surface area contributed by atoms with Gasteiger partial charge in [0, 0.05) is 19.1 Å². The van der Waals surface area contributed by atoms with Crippen LogP contribution in [0.3, 0.4) is 0 Å². The van der Waals surface area contributed by atoms with Crippen LogP contribution in [0.15, 0.2) is 60.9 Å². The second-order valence-corrected chi connectivity index (χ2v) is 8.60. The largest absolute Gasteiger partial charge is 0.496 e. The summed E-state index contributed by atoms with van der Waals surface area (Å²) in [4.78, 5) is 18.7. The Balaban J connectivity index is 1.42. The highest BCUT2D eigenvalue weighted by atomic mass is 16.5. The van der Waals surface area contributed by atoms with Gasteiger partial charge >= 0.3 is 5.97 Å². The van der Waals surface area contributed by atoms with E-state index in [-0.39, 0.29) is 11.6 Å². The Morgan fingerprint density at radius 1 is 1.03 bits per heavy atom. The summed E-state index contributed by atoms with van der Waals surface area (Å²) in [5.74, 6) is 0.976. The van der Waals surface area contributed by atoms with Crippen molar-refractivity contribution in [1.29, 1.82) is 0 Å². The lowest BCUT2D eigenvalue weighted by Crippen LogP contribution is -2.16. The Morgan fingerprint density at radius 3 is 2.56 bits per heavy atom. The Kier molecular flexibility index (Phi) is 5.49. The first-order valence-electron chi connectivity index (χ1n) is 11.1. The van der Waals surface area contributed by atoms with E-state index in [1.807, 2.05) is 34.9 Å². The van der Waals surface area contributed by atoms with Crippen LogP contribution < -0.4 is 9.64 Å². The molecular formula is C26H25N5O3. The number of carboxylic acids is 1. The van der Waals surface area contributed by atoms with Gasteiger partial charge in [0.15, 0.2) is 5.82 Å². The van der Waals surface area contributed by atoms with Gasteiger partial charge in [-0.15, -0.1) is 10.2 Å². The van der Waals surface area contributed by atoms with Crippen LogP contribution in [0.4, 0.5) is 5.82 Å². The van der Waals surface area contributed by atoms with E-state index in [0.29, 0.717) is 5.75 Å². The molecule has 34 heavy (non-hydrogen) atoms. The topological polar surface area (TPSA) is 93.4 Å². The van der Waals surface area contributed by atoms with Gasteiger partial charge in [-0.2, -0.15) is 0 Å². The maximum atomic E-state index is 11.6. The molecule has 4 aromatic rings. The monoisotopic (exact) mass is 455 g/mol. The third-order valence-electron chi connectivity index (χ3n) is 6.11. The van der Waals surface area contributed by atoms with E-state index in [4.69, 9.17) is 9.72 Å². The Hall–Kier alpha value is -4.20. The fourth-order valence-corrected chi connectivity index (χ4v) is 4.32. The van der Waals surface area contributed by atoms with E-state index in [2.05, 4.69) is 41.1 Å². The first-order chi connectivity index (χ1) is 16.4. The van der Waals surface area contributed by atoms with E-state index < -0.39 is 5.97 Å². The fraction of sp³-hybridized carbons (Fsp3) is 0.231. The van der Waals surface area contributed by atoms with Gasteiger partial charge in [0.25, 0.3) is 0 Å². The van der Waals surface area contributed by atoms with Gasteiger partial charge in [-0.25, -0.2) is 9.78 Å². The molecule has 0 saturated carbocycles. The summed E-state index contributed by atoms with van der Waals surface area (Å²) < 4.78 is 7.20. The van der Waals surface area contributed by atoms with Crippen LogP contribution in [-0.4, -0.2) is 37.9 Å². The molecule has 1 aliphatic rings. The van der Waals surface area contributed by atoms with Gasteiger partial charge in [-0.1, -0.05) is 24.3 Å². The number of fused-ring (bicyclic) bond motifs is 1. The van der Waals surface area contributed by atoms with Crippen LogP contribution >= 0.6 is 0 Å². The summed E-state index contributed by atoms with van der Waals surface area (Å²) in [6.07, 6.45) is 1.73. The van der Waals surface area contributed by atoms with Crippen molar-refractivity contribution in [3.05, 3.63) is 77.6 Å². The van der Waals surface area contributed by atoms with Crippen molar-refractivity contribution in [3.8, 4) is 28.4 Å². The predicted molar refractivity (Wildman–Crippen MR) is 129 cm³/mol. The number of benzene rings is 2. The number of aromatic nitrogens is 4. The van der Waals surface area contributed by atoms with Crippen LogP contribution in [-0.2, 0) is 13.1 Å². The van der Waals surface area contributed by atoms with Crippen molar-refractivity contribution in [2.45, 2.75) is 33.0 Å². The molecule has 2 aromatic heterocycles. The second kappa shape index (κ2) is 8.62. The van der Waals surface area contributed by atoms with Gasteiger partial charge < -0.3 is 19.3 Å². The van der Waals surface area contributed by atoms with E-state index in [1.54, 1.807) is 18.5 Å². The first kappa shape index (κ1) is 21.6. The summed E-state index contributed by atoms with van der Waals surface area (Å²) in [7, 11) is 1.47. The first-order valence-corrected chi connectivity index (χ1v) is 11.1. The molecule has 1 aliphatic heterocycles. The van der Waals surface area contributed by atoms with Crippen molar-refractivity contribution in [2.75, 3.05) is 12.0 Å². The minimum atomic E-state index is -1.01. The second-order valence-electron chi connectivity index (χ2n) is 8.60. The molecule has 0 bridgehead atoms. The number of hydrogen-bond acceptors (Lipinski definition) is 6. The number of ether oxygens (including phenoxy) is 1. The molecule has 8 heteroatoms. The highest BCUT2D eigenvalue weighted by molar-refractivity contribution is 5.92. The third kappa shape index (κ3) is 3.87. The van der Waals surface area contributed by atoms with Gasteiger partial charge in [-0.3, -0.25) is 0 Å². The minimum Gasteiger partial charge on any atom is -0.496 e. The number of hydrogen-bond donors (Lipinski definition) is 1. The van der Waals surface area contributed by atoms with Crippen molar-refractivity contribution in [1.82, 2.24) is 19.7 Å². The van der Waals surface area contributed by atoms with E-state index in [0.717, 1.165) is 41.6 Å². The van der Waals surface area contributed by atoms with E-state index in [1.165, 1.54) is 18.2 Å². The lowest BCUT2D eigenvalue weighted by Gasteiger charge is -2.17. The fourth-order valence-electron chi connectivity index (χ4n) is 4.32. The zero-order valence-corrected chi connectivity index (χ0v) is 19.3. The van der Waals surface area contributed by atoms with Crippen LogP contribution in [0.25, 0.3) is 22.6 Å². The Labute approximate surface area is 197 Å². The zero-order valence-electron chi connectivity index (χ0n) is 19.3. The number of aromatic carboxylic acids is 1. The molecule has 0 amide bonds. The number of nitrogens with zero attached hydrogens (tertiary/aromatic N) is 5. The average molecular weight is 456 g/mol. The molecule has 5 rings (SSSR count). The van der Waals surface area contributed by atoms with Crippen molar-refractivity contribution >= 4 is 11.8 Å². The number of anilines is 1. The quantitative estimate of drug-likeness (QED) is 0.446. The molecule has 0 unspecified atom stereocenters. The van der Waals surface area contributed by atoms with Crippen molar-refractivity contribution < 1.29 is 14.6 Å². The summed E-state index contributed by atoms with van der Waals surface area (Å²) in [6.45, 7) is 5.66. The molecule has 3 heterocycles. The highest BCUT2D eigenvalue weighted by Crippen LogP contribution is 2.33. The molecule has 2 aromatic carbocycles. The summed E-state index contributed by atoms with van der Waals surface area (Å²) in [6, 6.07) is 17.7. The van der Waals surface area contributed by atoms with Gasteiger partial charge in [0.05, 0.1) is 7.11 Å². The standard InChI is InChI=1S/C26H25N5O3/c1-16(2)31-15-27-29-25(31)22-5-4-6-24(28-22)30-13-19-8-7-17(11-20(19)14-30)18-9-10-23(34-3)21(12-18)26(32)33/h4-12,15-16H,13-14H2,1-3H3,(H,32,33). The summed E-state index contributed by atoms with van der Waals surface area (Å²) in [5.41, 5.74) is 5.18. The zero-order chi connectivity index (χ0) is 23.8. The molecule has 0 saturated heterocycles. The molecule has 0 radical (unpaired) electrons. The lowest BCUT2D eigenvalue weighted by atomic mass is 9.98.